The Kier molecular flexibility index (Phi) is 5.62. The van der Waals surface area contributed by atoms with Gasteiger partial charge in [0.25, 0.3) is 0 Å². The van der Waals surface area contributed by atoms with Gasteiger partial charge >= 0.3 is 0 Å². The number of rotatable bonds is 4. The van der Waals surface area contributed by atoms with Crippen LogP contribution in [0, 0.1) is 6.92 Å². The zero-order valence-corrected chi connectivity index (χ0v) is 19.3. The van der Waals surface area contributed by atoms with Crippen molar-refractivity contribution in [3.8, 4) is 11.1 Å². The van der Waals surface area contributed by atoms with Crippen LogP contribution < -0.4 is 0 Å². The highest BCUT2D eigenvalue weighted by molar-refractivity contribution is 6.19. The minimum absolute atomic E-state index is 1.17. The van der Waals surface area contributed by atoms with Gasteiger partial charge in [-0.3, -0.25) is 4.99 Å². The standard InChI is InChI=1S/C32H27N/c1-22-19-25(24-11-5-4-6-12-24)17-18-26(22)23(2)20-31-29-15-9-7-13-27(29)28-14-8-10-16-30(28)32(31)21-33-3/h4-21H,1-3H3/b23-20+,33-21?. The molecule has 0 N–H and O–H groups in total. The zero-order valence-electron chi connectivity index (χ0n) is 19.3. The molecular weight excluding hydrogens is 398 g/mol. The molecule has 0 saturated heterocycles. The van der Waals surface area contributed by atoms with Crippen LogP contribution in [0.1, 0.15) is 29.2 Å². The maximum Gasteiger partial charge on any atom is 0.0293 e. The molecule has 0 fully saturated rings. The number of nitrogens with zero attached hydrogens (tertiary/aromatic N) is 1. The van der Waals surface area contributed by atoms with E-state index in [4.69, 9.17) is 0 Å². The fraction of sp³-hybridized carbons (Fsp3) is 0.0938. The lowest BCUT2D eigenvalue weighted by Gasteiger charge is -2.15. The quantitative estimate of drug-likeness (QED) is 0.155. The van der Waals surface area contributed by atoms with Crippen LogP contribution in [0.15, 0.2) is 102 Å². The Morgan fingerprint density at radius 1 is 0.636 bits per heavy atom. The SMILES string of the molecule is CN=Cc1c(/C=C(\C)c2ccc(-c3ccccc3)cc2C)c2ccccc2c2ccccc12. The van der Waals surface area contributed by atoms with Crippen LogP contribution in [-0.2, 0) is 0 Å². The number of allylic oxidation sites excluding steroid dienone is 1. The van der Waals surface area contributed by atoms with Crippen molar-refractivity contribution in [1.82, 2.24) is 0 Å². The Morgan fingerprint density at radius 3 is 1.82 bits per heavy atom. The van der Waals surface area contributed by atoms with E-state index in [1.54, 1.807) is 0 Å². The molecule has 0 radical (unpaired) electrons. The molecule has 0 bridgehead atoms. The summed E-state index contributed by atoms with van der Waals surface area (Å²) in [4.78, 5) is 4.41. The highest BCUT2D eigenvalue weighted by atomic mass is 14.6. The van der Waals surface area contributed by atoms with Crippen molar-refractivity contribution < 1.29 is 0 Å². The van der Waals surface area contributed by atoms with Gasteiger partial charge in [-0.15, -0.1) is 0 Å². The van der Waals surface area contributed by atoms with Gasteiger partial charge in [0.15, 0.2) is 0 Å². The molecule has 0 aliphatic rings. The molecule has 5 rings (SSSR count). The molecule has 0 aliphatic carbocycles. The van der Waals surface area contributed by atoms with Crippen molar-refractivity contribution >= 4 is 39.4 Å². The summed E-state index contributed by atoms with van der Waals surface area (Å²) in [6.45, 7) is 4.41. The summed E-state index contributed by atoms with van der Waals surface area (Å²) in [6.07, 6.45) is 4.33. The number of aryl methyl sites for hydroxylation is 1. The van der Waals surface area contributed by atoms with Crippen LogP contribution in [-0.4, -0.2) is 13.3 Å². The van der Waals surface area contributed by atoms with Gasteiger partial charge in [-0.2, -0.15) is 0 Å². The predicted octanol–water partition coefficient (Wildman–Crippen LogP) is 8.58. The lowest BCUT2D eigenvalue weighted by Crippen LogP contribution is -1.95. The third kappa shape index (κ3) is 3.87. The number of benzene rings is 5. The molecule has 0 heterocycles. The number of aliphatic imine (C=N–C) groups is 1. The first-order valence-corrected chi connectivity index (χ1v) is 11.4. The van der Waals surface area contributed by atoms with Gasteiger partial charge in [-0.25, -0.2) is 0 Å². The molecule has 0 aliphatic heterocycles. The van der Waals surface area contributed by atoms with Gasteiger partial charge in [0.2, 0.25) is 0 Å². The minimum atomic E-state index is 1.17. The van der Waals surface area contributed by atoms with Crippen LogP contribution in [0.4, 0.5) is 0 Å². The van der Waals surface area contributed by atoms with E-state index in [1.165, 1.54) is 60.5 Å². The Morgan fingerprint density at radius 2 is 1.21 bits per heavy atom. The molecule has 0 amide bonds. The van der Waals surface area contributed by atoms with Crippen LogP contribution in [0.25, 0.3) is 44.3 Å². The minimum Gasteiger partial charge on any atom is -0.296 e. The topological polar surface area (TPSA) is 12.4 Å². The third-order valence-corrected chi connectivity index (χ3v) is 6.39. The molecule has 0 atom stereocenters. The second kappa shape index (κ2) is 8.88. The Bertz CT molecular complexity index is 1520. The first-order valence-electron chi connectivity index (χ1n) is 11.4. The van der Waals surface area contributed by atoms with Gasteiger partial charge in [-0.05, 0) is 68.8 Å². The summed E-state index contributed by atoms with van der Waals surface area (Å²) in [7, 11) is 1.84. The Labute approximate surface area is 195 Å². The molecular formula is C32H27N. The smallest absolute Gasteiger partial charge is 0.0293 e. The Hall–Kier alpha value is -3.97. The van der Waals surface area contributed by atoms with E-state index in [-0.39, 0.29) is 0 Å². The highest BCUT2D eigenvalue weighted by Gasteiger charge is 2.12. The predicted molar refractivity (Wildman–Crippen MR) is 145 cm³/mol. The van der Waals surface area contributed by atoms with E-state index in [2.05, 4.69) is 122 Å². The first kappa shape index (κ1) is 20.9. The van der Waals surface area contributed by atoms with E-state index in [1.807, 2.05) is 13.3 Å². The zero-order chi connectivity index (χ0) is 22.8. The van der Waals surface area contributed by atoms with Crippen LogP contribution in [0.3, 0.4) is 0 Å². The summed E-state index contributed by atoms with van der Waals surface area (Å²) in [6, 6.07) is 34.6. The van der Waals surface area contributed by atoms with E-state index in [0.717, 1.165) is 0 Å². The van der Waals surface area contributed by atoms with Crippen molar-refractivity contribution in [2.24, 2.45) is 4.99 Å². The lowest BCUT2D eigenvalue weighted by atomic mass is 9.89. The molecule has 5 aromatic carbocycles. The van der Waals surface area contributed by atoms with Gasteiger partial charge in [-0.1, -0.05) is 103 Å². The number of fused-ring (bicyclic) bond motifs is 3. The lowest BCUT2D eigenvalue weighted by molar-refractivity contribution is 1.41. The van der Waals surface area contributed by atoms with Crippen molar-refractivity contribution in [2.45, 2.75) is 13.8 Å². The molecule has 0 spiro atoms. The van der Waals surface area contributed by atoms with Gasteiger partial charge in [0.1, 0.15) is 0 Å². The summed E-state index contributed by atoms with van der Waals surface area (Å²) in [5.41, 5.74) is 8.68. The molecule has 0 saturated carbocycles. The molecule has 5 aromatic rings. The third-order valence-electron chi connectivity index (χ3n) is 6.39. The second-order valence-electron chi connectivity index (χ2n) is 8.53. The van der Waals surface area contributed by atoms with Crippen molar-refractivity contribution in [2.75, 3.05) is 7.05 Å². The van der Waals surface area contributed by atoms with Gasteiger partial charge in [0.05, 0.1) is 0 Å². The van der Waals surface area contributed by atoms with Gasteiger partial charge < -0.3 is 0 Å². The van der Waals surface area contributed by atoms with Crippen LogP contribution in [0.2, 0.25) is 0 Å². The first-order chi connectivity index (χ1) is 16.2. The number of hydrogen-bond acceptors (Lipinski definition) is 1. The van der Waals surface area contributed by atoms with E-state index in [0.29, 0.717) is 0 Å². The maximum atomic E-state index is 4.41. The largest absolute Gasteiger partial charge is 0.296 e. The molecule has 1 nitrogen and oxygen atoms in total. The summed E-state index contributed by atoms with van der Waals surface area (Å²) in [5, 5.41) is 5.03. The average Bonchev–Trinajstić information content (AvgIpc) is 2.86. The fourth-order valence-electron chi connectivity index (χ4n) is 4.83. The molecule has 33 heavy (non-hydrogen) atoms. The summed E-state index contributed by atoms with van der Waals surface area (Å²) >= 11 is 0. The summed E-state index contributed by atoms with van der Waals surface area (Å²) < 4.78 is 0. The molecule has 0 unspecified atom stereocenters. The van der Waals surface area contributed by atoms with Crippen molar-refractivity contribution in [3.05, 3.63) is 119 Å². The van der Waals surface area contributed by atoms with Crippen molar-refractivity contribution in [1.29, 1.82) is 0 Å². The van der Waals surface area contributed by atoms with E-state index < -0.39 is 0 Å². The highest BCUT2D eigenvalue weighted by Crippen LogP contribution is 2.35. The Balaban J connectivity index is 1.71. The molecule has 160 valence electrons. The second-order valence-corrected chi connectivity index (χ2v) is 8.53. The van der Waals surface area contributed by atoms with Crippen molar-refractivity contribution in [3.63, 3.8) is 0 Å². The molecule has 1 heteroatoms. The van der Waals surface area contributed by atoms with Crippen LogP contribution in [0.5, 0.6) is 0 Å². The van der Waals surface area contributed by atoms with E-state index in [9.17, 15) is 0 Å². The van der Waals surface area contributed by atoms with Gasteiger partial charge in [0, 0.05) is 18.8 Å². The fourth-order valence-corrected chi connectivity index (χ4v) is 4.83. The van der Waals surface area contributed by atoms with E-state index >= 15 is 0 Å². The van der Waals surface area contributed by atoms with Crippen LogP contribution >= 0.6 is 0 Å². The normalized spacial score (nSPS) is 12.2. The average molecular weight is 426 g/mol. The monoisotopic (exact) mass is 425 g/mol. The maximum absolute atomic E-state index is 4.41. The number of hydrogen-bond donors (Lipinski definition) is 0. The molecule has 0 aromatic heterocycles. The summed E-state index contributed by atoms with van der Waals surface area (Å²) in [5.74, 6) is 0.